The van der Waals surface area contributed by atoms with Crippen molar-refractivity contribution in [3.05, 3.63) is 0 Å². The van der Waals surface area contributed by atoms with Crippen LogP contribution in [0.5, 0.6) is 0 Å². The lowest BCUT2D eigenvalue weighted by Gasteiger charge is -2.04. The van der Waals surface area contributed by atoms with Crippen LogP contribution in [-0.2, 0) is 38.1 Å². The highest BCUT2D eigenvalue weighted by Crippen LogP contribution is 2.17. The van der Waals surface area contributed by atoms with Gasteiger partial charge in [-0.1, -0.05) is 323 Å². The fourth-order valence-corrected chi connectivity index (χ4v) is 9.72. The topological polar surface area (TPSA) is 186 Å². The minimum Gasteiger partial charge on any atom is -0.463 e. The van der Waals surface area contributed by atoms with Crippen molar-refractivity contribution in [2.75, 3.05) is 52.9 Å². The van der Waals surface area contributed by atoms with E-state index >= 15 is 0 Å². The largest absolute Gasteiger partial charge is 0.463 e. The van der Waals surface area contributed by atoms with Gasteiger partial charge in [-0.25, -0.2) is 0 Å². The van der Waals surface area contributed by atoms with Crippen LogP contribution in [0.4, 0.5) is 0 Å². The number of ether oxygens (including phenoxy) is 4. The normalized spacial score (nSPS) is 10.7. The number of aliphatic hydroxyl groups excluding tert-OH is 4. The first kappa shape index (κ1) is 86.2. The molecule has 0 atom stereocenters. The summed E-state index contributed by atoms with van der Waals surface area (Å²) in [5, 5.41) is 34.1. The molecule has 0 unspecified atom stereocenters. The molecular formula is C70H140O12. The Morgan fingerprint density at radius 2 is 0.305 bits per heavy atom. The lowest BCUT2D eigenvalue weighted by molar-refractivity contribution is -0.145. The van der Waals surface area contributed by atoms with E-state index in [2.05, 4.69) is 27.7 Å². The molecule has 0 aliphatic heterocycles. The number of esters is 4. The molecule has 12 heteroatoms. The lowest BCUT2D eigenvalue weighted by Crippen LogP contribution is -2.07. The van der Waals surface area contributed by atoms with Crippen LogP contribution in [-0.4, -0.2) is 97.2 Å². The van der Waals surface area contributed by atoms with Crippen LogP contribution in [0.15, 0.2) is 0 Å². The SMILES string of the molecule is CCCCCCCCCCCCCC(=O)OCCO.CCCCCCCCCCCCCCC(=O)OCCO.CCCCCCCCCCCCCCCC(=O)OCCO.CCCCCCCCCCCCCCCCC(=O)OCCO. The Balaban J connectivity index is -0.000000495. The summed E-state index contributed by atoms with van der Waals surface area (Å²) in [6.45, 7) is 9.26. The van der Waals surface area contributed by atoms with Gasteiger partial charge < -0.3 is 39.4 Å². The molecule has 0 aliphatic carbocycles. The molecule has 0 heterocycles. The first-order valence-corrected chi connectivity index (χ1v) is 35.3. The maximum atomic E-state index is 11.2. The van der Waals surface area contributed by atoms with E-state index < -0.39 is 0 Å². The molecular weight excluding hydrogens is 1030 g/mol. The van der Waals surface area contributed by atoms with Gasteiger partial charge in [0.25, 0.3) is 0 Å². The minimum absolute atomic E-state index is 0.0789. The molecule has 0 aromatic carbocycles. The average Bonchev–Trinajstić information content (AvgIpc) is 3.48. The van der Waals surface area contributed by atoms with Gasteiger partial charge in [-0.3, -0.25) is 19.2 Å². The molecule has 0 aromatic heterocycles. The summed E-state index contributed by atoms with van der Waals surface area (Å²) in [7, 11) is 0. The molecule has 0 amide bonds. The molecule has 0 fully saturated rings. The molecule has 12 nitrogen and oxygen atoms in total. The van der Waals surface area contributed by atoms with E-state index in [4.69, 9.17) is 39.4 Å². The highest BCUT2D eigenvalue weighted by atomic mass is 16.6. The van der Waals surface area contributed by atoms with Crippen LogP contribution in [0.2, 0.25) is 0 Å². The molecule has 0 saturated carbocycles. The molecule has 82 heavy (non-hydrogen) atoms. The van der Waals surface area contributed by atoms with Crippen LogP contribution in [0.25, 0.3) is 0 Å². The lowest BCUT2D eigenvalue weighted by atomic mass is 10.0. The number of unbranched alkanes of at least 4 members (excludes halogenated alkanes) is 46. The number of hydrogen-bond donors (Lipinski definition) is 4. The highest BCUT2D eigenvalue weighted by molar-refractivity contribution is 5.70. The number of aliphatic hydroxyl groups is 4. The summed E-state index contributed by atoms with van der Waals surface area (Å²) in [6.07, 6.45) is 67.2. The Labute approximate surface area is 507 Å². The van der Waals surface area contributed by atoms with Crippen molar-refractivity contribution in [2.45, 2.75) is 374 Å². The molecule has 0 aromatic rings. The zero-order chi connectivity index (χ0) is 61.0. The Kier molecular flexibility index (Phi) is 87.1. The third-order valence-electron chi connectivity index (χ3n) is 14.9. The molecule has 0 saturated heterocycles. The van der Waals surface area contributed by atoms with Gasteiger partial charge in [0.1, 0.15) is 26.4 Å². The van der Waals surface area contributed by atoms with Gasteiger partial charge in [0, 0.05) is 25.7 Å². The second-order valence-corrected chi connectivity index (χ2v) is 23.0. The van der Waals surface area contributed by atoms with Crippen LogP contribution in [0.3, 0.4) is 0 Å². The molecule has 492 valence electrons. The Morgan fingerprint density at radius 3 is 0.415 bits per heavy atom. The van der Waals surface area contributed by atoms with E-state index in [1.807, 2.05) is 0 Å². The standard InChI is InChI=1S/C19H38O3.C18H36O3.C17H34O3.C16H32O3/c1-2-3-4-5-6-7-8-9-10-11-12-13-14-15-16-19(21)22-18-17-20;1-2-3-4-5-6-7-8-9-10-11-12-13-14-15-18(20)21-17-16-19;1-2-3-4-5-6-7-8-9-10-11-12-13-14-17(19)20-16-15-18;1-2-3-4-5-6-7-8-9-10-11-12-13-16(18)19-15-14-17/h20H,2-18H2,1H3;19H,2-17H2,1H3;18H,2-16H2,1H3;17H,2-15H2,1H3. The predicted octanol–water partition coefficient (Wildman–Crippen LogP) is 19.2. The van der Waals surface area contributed by atoms with E-state index in [1.54, 1.807) is 0 Å². The minimum atomic E-state index is -0.176. The smallest absolute Gasteiger partial charge is 0.305 e. The summed E-state index contributed by atoms with van der Waals surface area (Å²) >= 11 is 0. The number of hydrogen-bond acceptors (Lipinski definition) is 12. The summed E-state index contributed by atoms with van der Waals surface area (Å²) in [6, 6.07) is 0. The van der Waals surface area contributed by atoms with Crippen LogP contribution < -0.4 is 0 Å². The summed E-state index contributed by atoms with van der Waals surface area (Å²) in [4.78, 5) is 44.6. The highest BCUT2D eigenvalue weighted by Gasteiger charge is 2.05. The van der Waals surface area contributed by atoms with Gasteiger partial charge in [-0.2, -0.15) is 0 Å². The monoisotopic (exact) mass is 1170 g/mol. The second-order valence-electron chi connectivity index (χ2n) is 23.0. The van der Waals surface area contributed by atoms with E-state index in [0.29, 0.717) is 25.7 Å². The summed E-state index contributed by atoms with van der Waals surface area (Å²) in [5.74, 6) is -0.698. The van der Waals surface area contributed by atoms with Crippen molar-refractivity contribution in [3.8, 4) is 0 Å². The fraction of sp³-hybridized carbons (Fsp3) is 0.943. The van der Waals surface area contributed by atoms with Gasteiger partial charge in [0.05, 0.1) is 26.4 Å². The van der Waals surface area contributed by atoms with Gasteiger partial charge in [0.2, 0.25) is 0 Å². The average molecular weight is 1170 g/mol. The van der Waals surface area contributed by atoms with Crippen molar-refractivity contribution in [2.24, 2.45) is 0 Å². The Morgan fingerprint density at radius 1 is 0.195 bits per heavy atom. The first-order valence-electron chi connectivity index (χ1n) is 35.3. The van der Waals surface area contributed by atoms with Crippen LogP contribution in [0.1, 0.15) is 374 Å². The Bertz CT molecular complexity index is 1200. The zero-order valence-electron chi connectivity index (χ0n) is 54.9. The maximum absolute atomic E-state index is 11.2. The van der Waals surface area contributed by atoms with Crippen LogP contribution in [0, 0.1) is 0 Å². The number of carbonyl (C=O) groups excluding carboxylic acids is 4. The fourth-order valence-electron chi connectivity index (χ4n) is 9.72. The van der Waals surface area contributed by atoms with E-state index in [-0.39, 0.29) is 76.7 Å². The van der Waals surface area contributed by atoms with Crippen molar-refractivity contribution in [3.63, 3.8) is 0 Å². The van der Waals surface area contributed by atoms with Gasteiger partial charge in [0.15, 0.2) is 0 Å². The Hall–Kier alpha value is -2.28. The maximum Gasteiger partial charge on any atom is 0.305 e. The van der Waals surface area contributed by atoms with Gasteiger partial charge >= 0.3 is 23.9 Å². The summed E-state index contributed by atoms with van der Waals surface area (Å²) in [5.41, 5.74) is 0. The van der Waals surface area contributed by atoms with E-state index in [0.717, 1.165) is 51.4 Å². The third-order valence-corrected chi connectivity index (χ3v) is 14.9. The van der Waals surface area contributed by atoms with Crippen molar-refractivity contribution in [1.82, 2.24) is 0 Å². The number of carbonyl (C=O) groups is 4. The van der Waals surface area contributed by atoms with Crippen molar-refractivity contribution >= 4 is 23.9 Å². The van der Waals surface area contributed by atoms with Crippen molar-refractivity contribution in [1.29, 1.82) is 0 Å². The molecule has 0 spiro atoms. The molecule has 4 N–H and O–H groups in total. The van der Waals surface area contributed by atoms with E-state index in [1.165, 1.54) is 270 Å². The quantitative estimate of drug-likeness (QED) is 0.0257. The first-order chi connectivity index (χ1) is 40.2. The van der Waals surface area contributed by atoms with Crippen molar-refractivity contribution < 1.29 is 58.6 Å². The number of rotatable bonds is 62. The van der Waals surface area contributed by atoms with Gasteiger partial charge in [-0.15, -0.1) is 0 Å². The molecule has 0 rings (SSSR count). The zero-order valence-corrected chi connectivity index (χ0v) is 54.9. The van der Waals surface area contributed by atoms with E-state index in [9.17, 15) is 19.2 Å². The third kappa shape index (κ3) is 88.9. The molecule has 0 radical (unpaired) electrons. The molecule has 0 aliphatic rings. The second kappa shape index (κ2) is 82.9. The van der Waals surface area contributed by atoms with Gasteiger partial charge in [-0.05, 0) is 25.7 Å². The van der Waals surface area contributed by atoms with Crippen LogP contribution >= 0.6 is 0 Å². The molecule has 0 bridgehead atoms. The summed E-state index contributed by atoms with van der Waals surface area (Å²) < 4.78 is 19.2. The predicted molar refractivity (Wildman–Crippen MR) is 344 cm³/mol.